The van der Waals surface area contributed by atoms with Gasteiger partial charge in [0.25, 0.3) is 0 Å². The van der Waals surface area contributed by atoms with Crippen molar-refractivity contribution in [2.24, 2.45) is 11.5 Å². The Morgan fingerprint density at radius 1 is 1.17 bits per heavy atom. The van der Waals surface area contributed by atoms with E-state index in [1.54, 1.807) is 42.3 Å². The van der Waals surface area contributed by atoms with Gasteiger partial charge in [-0.05, 0) is 41.8 Å². The first kappa shape index (κ1) is 27.4. The summed E-state index contributed by atoms with van der Waals surface area (Å²) in [5.74, 6) is -1.35. The number of ether oxygens (including phenoxy) is 1. The fraction of sp³-hybridized carbons (Fsp3) is 0.440. The van der Waals surface area contributed by atoms with Gasteiger partial charge in [-0.25, -0.2) is 4.39 Å². The van der Waals surface area contributed by atoms with E-state index < -0.39 is 18.0 Å². The largest absolute Gasteiger partial charge is 0.382 e. The van der Waals surface area contributed by atoms with Crippen LogP contribution >= 0.6 is 23.2 Å². The molecule has 1 heterocycles. The Balaban J connectivity index is 1.75. The lowest BCUT2D eigenvalue weighted by Crippen LogP contribution is -2.63. The second kappa shape index (κ2) is 12.1. The number of primary amides is 1. The van der Waals surface area contributed by atoms with Crippen molar-refractivity contribution in [1.82, 2.24) is 9.80 Å². The number of hydrogen-bond acceptors (Lipinski definition) is 5. The van der Waals surface area contributed by atoms with Crippen molar-refractivity contribution in [3.05, 3.63) is 69.5 Å². The fourth-order valence-corrected chi connectivity index (χ4v) is 5.30. The van der Waals surface area contributed by atoms with Crippen LogP contribution in [0.3, 0.4) is 0 Å². The van der Waals surface area contributed by atoms with Crippen LogP contribution < -0.4 is 11.5 Å². The minimum atomic E-state index is -0.787. The highest BCUT2D eigenvalue weighted by atomic mass is 35.5. The Labute approximate surface area is 215 Å². The summed E-state index contributed by atoms with van der Waals surface area (Å²) in [4.78, 5) is 29.5. The molecule has 0 spiro atoms. The first-order valence-electron chi connectivity index (χ1n) is 11.4. The van der Waals surface area contributed by atoms with Crippen molar-refractivity contribution in [3.8, 4) is 0 Å². The summed E-state index contributed by atoms with van der Waals surface area (Å²) in [5, 5.41) is 0.969. The molecule has 2 aromatic carbocycles. The van der Waals surface area contributed by atoms with Crippen molar-refractivity contribution >= 4 is 35.0 Å². The summed E-state index contributed by atoms with van der Waals surface area (Å²) < 4.78 is 18.6. The molecule has 1 aliphatic heterocycles. The summed E-state index contributed by atoms with van der Waals surface area (Å²) in [6.07, 6.45) is 0.287. The van der Waals surface area contributed by atoms with E-state index in [-0.39, 0.29) is 36.7 Å². The average Bonchev–Trinajstić information content (AvgIpc) is 2.80. The summed E-state index contributed by atoms with van der Waals surface area (Å²) in [5.41, 5.74) is 13.6. The molecule has 35 heavy (non-hydrogen) atoms. The normalized spacial score (nSPS) is 19.3. The molecule has 0 radical (unpaired) electrons. The molecule has 0 bridgehead atoms. The first-order chi connectivity index (χ1) is 16.6. The van der Waals surface area contributed by atoms with Crippen LogP contribution in [-0.4, -0.2) is 73.1 Å². The fourth-order valence-electron chi connectivity index (χ4n) is 4.72. The number of piperazine rings is 1. The molecular formula is C25H31Cl2FN4O3. The summed E-state index contributed by atoms with van der Waals surface area (Å²) in [6, 6.07) is 9.34. The van der Waals surface area contributed by atoms with Gasteiger partial charge in [-0.3, -0.25) is 14.5 Å². The third-order valence-electron chi connectivity index (χ3n) is 6.45. The maximum atomic E-state index is 13.2. The highest BCUT2D eigenvalue weighted by Crippen LogP contribution is 2.32. The summed E-state index contributed by atoms with van der Waals surface area (Å²) >= 11 is 12.4. The maximum Gasteiger partial charge on any atom is 0.240 e. The van der Waals surface area contributed by atoms with E-state index in [1.807, 2.05) is 11.8 Å². The van der Waals surface area contributed by atoms with Gasteiger partial charge in [0.05, 0.1) is 24.7 Å². The molecule has 4 unspecified atom stereocenters. The Hall–Kier alpha value is -2.23. The van der Waals surface area contributed by atoms with Gasteiger partial charge >= 0.3 is 0 Å². The van der Waals surface area contributed by atoms with E-state index in [2.05, 4.69) is 0 Å². The molecule has 2 amide bonds. The Kier molecular flexibility index (Phi) is 9.49. The molecule has 1 aliphatic rings. The number of amides is 2. The van der Waals surface area contributed by atoms with Crippen molar-refractivity contribution < 1.29 is 18.7 Å². The number of nitrogens with zero attached hydrogens (tertiary/aromatic N) is 2. The van der Waals surface area contributed by atoms with E-state index in [9.17, 15) is 14.0 Å². The van der Waals surface area contributed by atoms with Gasteiger partial charge in [0.15, 0.2) is 0 Å². The number of methoxy groups -OCH3 is 1. The lowest BCUT2D eigenvalue weighted by molar-refractivity contribution is -0.141. The van der Waals surface area contributed by atoms with Crippen molar-refractivity contribution in [1.29, 1.82) is 0 Å². The topological polar surface area (TPSA) is 102 Å². The molecule has 0 aromatic heterocycles. The number of rotatable bonds is 9. The van der Waals surface area contributed by atoms with Crippen LogP contribution in [0.5, 0.6) is 0 Å². The number of carbonyl (C=O) groups is 2. The zero-order chi connectivity index (χ0) is 25.7. The SMILES string of the molecule is COCC1CN(C(C(N)=O)C(C)c2ccc(Cl)cc2Cl)CCN1C(=O)C(N)Cc1ccc(F)cc1. The van der Waals surface area contributed by atoms with Crippen LogP contribution in [0.25, 0.3) is 0 Å². The number of nitrogens with two attached hydrogens (primary N) is 2. The van der Waals surface area contributed by atoms with Gasteiger partial charge in [-0.2, -0.15) is 0 Å². The quantitative estimate of drug-likeness (QED) is 0.525. The van der Waals surface area contributed by atoms with Gasteiger partial charge in [0.1, 0.15) is 5.82 Å². The molecule has 7 nitrogen and oxygen atoms in total. The molecular weight excluding hydrogens is 494 g/mol. The van der Waals surface area contributed by atoms with Gasteiger partial charge in [-0.15, -0.1) is 0 Å². The molecule has 0 aliphatic carbocycles. The zero-order valence-electron chi connectivity index (χ0n) is 19.8. The minimum absolute atomic E-state index is 0.222. The Morgan fingerprint density at radius 2 is 1.86 bits per heavy atom. The second-order valence-corrected chi connectivity index (χ2v) is 9.72. The van der Waals surface area contributed by atoms with Crippen LogP contribution in [0.2, 0.25) is 10.0 Å². The van der Waals surface area contributed by atoms with Crippen LogP contribution in [0.4, 0.5) is 4.39 Å². The van der Waals surface area contributed by atoms with Crippen LogP contribution in [0.15, 0.2) is 42.5 Å². The first-order valence-corrected chi connectivity index (χ1v) is 12.2. The van der Waals surface area contributed by atoms with E-state index >= 15 is 0 Å². The van der Waals surface area contributed by atoms with E-state index in [0.717, 1.165) is 11.1 Å². The molecule has 1 saturated heterocycles. The van der Waals surface area contributed by atoms with Crippen molar-refractivity contribution in [2.45, 2.75) is 37.4 Å². The number of benzene rings is 2. The van der Waals surface area contributed by atoms with Crippen LogP contribution in [0.1, 0.15) is 24.0 Å². The molecule has 190 valence electrons. The van der Waals surface area contributed by atoms with Crippen molar-refractivity contribution in [2.75, 3.05) is 33.4 Å². The molecule has 1 fully saturated rings. The highest BCUT2D eigenvalue weighted by molar-refractivity contribution is 6.35. The molecule has 4 atom stereocenters. The predicted octanol–water partition coefficient (Wildman–Crippen LogP) is 2.82. The van der Waals surface area contributed by atoms with E-state index in [1.165, 1.54) is 12.1 Å². The Bertz CT molecular complexity index is 1040. The molecule has 0 saturated carbocycles. The third kappa shape index (κ3) is 6.71. The standard InChI is InChI=1S/C25H31Cl2FN4O3/c1-15(20-8-5-17(26)12-21(20)27)23(24(30)33)31-9-10-32(19(13-31)14-35-2)25(34)22(29)11-16-3-6-18(28)7-4-16/h3-8,12,15,19,22-23H,9-11,13-14,29H2,1-2H3,(H2,30,33). The van der Waals surface area contributed by atoms with E-state index in [4.69, 9.17) is 39.4 Å². The summed E-state index contributed by atoms with van der Waals surface area (Å²) in [6.45, 7) is 3.33. The van der Waals surface area contributed by atoms with Crippen LogP contribution in [-0.2, 0) is 20.7 Å². The van der Waals surface area contributed by atoms with Gasteiger partial charge in [0.2, 0.25) is 11.8 Å². The summed E-state index contributed by atoms with van der Waals surface area (Å²) in [7, 11) is 1.56. The number of carbonyl (C=O) groups excluding carboxylic acids is 2. The predicted molar refractivity (Wildman–Crippen MR) is 135 cm³/mol. The van der Waals surface area contributed by atoms with E-state index in [0.29, 0.717) is 29.7 Å². The molecule has 3 rings (SSSR count). The minimum Gasteiger partial charge on any atom is -0.382 e. The maximum absolute atomic E-state index is 13.2. The second-order valence-electron chi connectivity index (χ2n) is 8.87. The molecule has 10 heteroatoms. The van der Waals surface area contributed by atoms with Gasteiger partial charge in [-0.1, -0.05) is 48.3 Å². The third-order valence-corrected chi connectivity index (χ3v) is 7.02. The zero-order valence-corrected chi connectivity index (χ0v) is 21.3. The lowest BCUT2D eigenvalue weighted by Gasteiger charge is -2.45. The van der Waals surface area contributed by atoms with Crippen molar-refractivity contribution in [3.63, 3.8) is 0 Å². The Morgan fingerprint density at radius 3 is 2.46 bits per heavy atom. The lowest BCUT2D eigenvalue weighted by atomic mass is 9.90. The number of halogens is 3. The van der Waals surface area contributed by atoms with Gasteiger partial charge in [0, 0.05) is 42.7 Å². The average molecular weight is 525 g/mol. The molecule has 2 aromatic rings. The smallest absolute Gasteiger partial charge is 0.240 e. The van der Waals surface area contributed by atoms with Gasteiger partial charge < -0.3 is 21.1 Å². The monoisotopic (exact) mass is 524 g/mol. The van der Waals surface area contributed by atoms with Crippen LogP contribution in [0, 0.1) is 5.82 Å². The molecule has 4 N–H and O–H groups in total. The number of hydrogen-bond donors (Lipinski definition) is 2. The highest BCUT2D eigenvalue weighted by Gasteiger charge is 2.39.